The molecule has 20 heavy (non-hydrogen) atoms. The number of ether oxygens (including phenoxy) is 1. The Bertz CT molecular complexity index is 461. The summed E-state index contributed by atoms with van der Waals surface area (Å²) < 4.78 is 5.66. The summed E-state index contributed by atoms with van der Waals surface area (Å²) in [6, 6.07) is 10.3. The average Bonchev–Trinajstić information content (AvgIpc) is 2.52. The molecule has 0 amide bonds. The van der Waals surface area contributed by atoms with Crippen molar-refractivity contribution >= 4 is 0 Å². The third kappa shape index (κ3) is 4.21. The van der Waals surface area contributed by atoms with Gasteiger partial charge in [-0.05, 0) is 62.1 Å². The predicted molar refractivity (Wildman–Crippen MR) is 81.5 cm³/mol. The van der Waals surface area contributed by atoms with Gasteiger partial charge in [0.2, 0.25) is 0 Å². The fraction of sp³-hybridized carbons (Fsp3) is 0.500. The molecular formula is C18H23NO. The van der Waals surface area contributed by atoms with Gasteiger partial charge in [-0.1, -0.05) is 24.3 Å². The Morgan fingerprint density at radius 3 is 2.50 bits per heavy atom. The SMILES string of the molecule is C/C=C/COCC1CCC(c2ccc(C#N)cc2)CC1. The smallest absolute Gasteiger partial charge is 0.0991 e. The molecule has 0 bridgehead atoms. The number of benzene rings is 1. The maximum atomic E-state index is 8.83. The lowest BCUT2D eigenvalue weighted by Crippen LogP contribution is -2.18. The van der Waals surface area contributed by atoms with Crippen molar-refractivity contribution in [1.29, 1.82) is 5.26 Å². The van der Waals surface area contributed by atoms with Gasteiger partial charge in [0.15, 0.2) is 0 Å². The molecule has 106 valence electrons. The maximum absolute atomic E-state index is 8.83. The molecule has 0 N–H and O–H groups in total. The Morgan fingerprint density at radius 2 is 1.90 bits per heavy atom. The van der Waals surface area contributed by atoms with Crippen LogP contribution in [0.25, 0.3) is 0 Å². The number of hydrogen-bond acceptors (Lipinski definition) is 2. The molecule has 0 saturated heterocycles. The lowest BCUT2D eigenvalue weighted by molar-refractivity contribution is 0.102. The van der Waals surface area contributed by atoms with Gasteiger partial charge in [-0.25, -0.2) is 0 Å². The molecule has 0 aliphatic heterocycles. The summed E-state index contributed by atoms with van der Waals surface area (Å²) in [6.45, 7) is 3.66. The zero-order valence-corrected chi connectivity index (χ0v) is 12.2. The van der Waals surface area contributed by atoms with Crippen LogP contribution in [0.5, 0.6) is 0 Å². The van der Waals surface area contributed by atoms with Crippen LogP contribution in [0.3, 0.4) is 0 Å². The van der Waals surface area contributed by atoms with Crippen molar-refractivity contribution in [3.63, 3.8) is 0 Å². The van der Waals surface area contributed by atoms with Crippen molar-refractivity contribution in [2.24, 2.45) is 5.92 Å². The van der Waals surface area contributed by atoms with E-state index in [1.165, 1.54) is 31.2 Å². The molecule has 1 aliphatic carbocycles. The summed E-state index contributed by atoms with van der Waals surface area (Å²) in [4.78, 5) is 0. The van der Waals surface area contributed by atoms with Crippen LogP contribution in [-0.2, 0) is 4.74 Å². The van der Waals surface area contributed by atoms with E-state index in [2.05, 4.69) is 24.3 Å². The first-order chi connectivity index (χ1) is 9.83. The molecular weight excluding hydrogens is 246 g/mol. The maximum Gasteiger partial charge on any atom is 0.0991 e. The largest absolute Gasteiger partial charge is 0.377 e. The fourth-order valence-electron chi connectivity index (χ4n) is 2.89. The van der Waals surface area contributed by atoms with E-state index in [9.17, 15) is 0 Å². The van der Waals surface area contributed by atoms with Crippen molar-refractivity contribution in [3.05, 3.63) is 47.5 Å². The Kier molecular flexibility index (Phi) is 5.83. The van der Waals surface area contributed by atoms with E-state index in [1.54, 1.807) is 0 Å². The van der Waals surface area contributed by atoms with Crippen molar-refractivity contribution in [2.75, 3.05) is 13.2 Å². The second kappa shape index (κ2) is 7.87. The quantitative estimate of drug-likeness (QED) is 0.585. The minimum atomic E-state index is 0.662. The van der Waals surface area contributed by atoms with Crippen molar-refractivity contribution in [3.8, 4) is 6.07 Å². The van der Waals surface area contributed by atoms with Gasteiger partial charge in [0.05, 0.1) is 18.2 Å². The summed E-state index contributed by atoms with van der Waals surface area (Å²) in [5, 5.41) is 8.83. The van der Waals surface area contributed by atoms with Crippen LogP contribution in [0.1, 0.15) is 49.7 Å². The molecule has 0 radical (unpaired) electrons. The van der Waals surface area contributed by atoms with Crippen LogP contribution in [0, 0.1) is 17.2 Å². The number of rotatable bonds is 5. The topological polar surface area (TPSA) is 33.0 Å². The van der Waals surface area contributed by atoms with Crippen molar-refractivity contribution in [1.82, 2.24) is 0 Å². The molecule has 1 aromatic carbocycles. The number of nitrogens with zero attached hydrogens (tertiary/aromatic N) is 1. The van der Waals surface area contributed by atoms with Crippen LogP contribution in [0.4, 0.5) is 0 Å². The fourth-order valence-corrected chi connectivity index (χ4v) is 2.89. The monoisotopic (exact) mass is 269 g/mol. The van der Waals surface area contributed by atoms with E-state index in [1.807, 2.05) is 25.1 Å². The van der Waals surface area contributed by atoms with E-state index in [0.29, 0.717) is 5.92 Å². The molecule has 0 aromatic heterocycles. The van der Waals surface area contributed by atoms with Crippen LogP contribution in [-0.4, -0.2) is 13.2 Å². The molecule has 0 spiro atoms. The number of allylic oxidation sites excluding steroid dienone is 1. The lowest BCUT2D eigenvalue weighted by Gasteiger charge is -2.28. The Balaban J connectivity index is 1.77. The van der Waals surface area contributed by atoms with Gasteiger partial charge in [-0.2, -0.15) is 5.26 Å². The van der Waals surface area contributed by atoms with Gasteiger partial charge in [-0.15, -0.1) is 0 Å². The van der Waals surface area contributed by atoms with Crippen LogP contribution in [0.2, 0.25) is 0 Å². The van der Waals surface area contributed by atoms with Crippen LogP contribution >= 0.6 is 0 Å². The summed E-state index contributed by atoms with van der Waals surface area (Å²) in [6.07, 6.45) is 9.07. The average molecular weight is 269 g/mol. The second-order valence-electron chi connectivity index (χ2n) is 5.56. The van der Waals surface area contributed by atoms with E-state index >= 15 is 0 Å². The van der Waals surface area contributed by atoms with E-state index < -0.39 is 0 Å². The lowest BCUT2D eigenvalue weighted by atomic mass is 9.79. The first-order valence-electron chi connectivity index (χ1n) is 7.52. The predicted octanol–water partition coefficient (Wildman–Crippen LogP) is 4.42. The molecule has 1 saturated carbocycles. The normalized spacial score (nSPS) is 22.8. The van der Waals surface area contributed by atoms with Gasteiger partial charge in [0.25, 0.3) is 0 Å². The van der Waals surface area contributed by atoms with Crippen LogP contribution < -0.4 is 0 Å². The number of nitriles is 1. The molecule has 0 atom stereocenters. The highest BCUT2D eigenvalue weighted by molar-refractivity contribution is 5.33. The van der Waals surface area contributed by atoms with Crippen molar-refractivity contribution < 1.29 is 4.74 Å². The van der Waals surface area contributed by atoms with E-state index in [0.717, 1.165) is 24.7 Å². The molecule has 2 rings (SSSR count). The highest BCUT2D eigenvalue weighted by Crippen LogP contribution is 2.35. The number of hydrogen-bond donors (Lipinski definition) is 0. The second-order valence-corrected chi connectivity index (χ2v) is 5.56. The highest BCUT2D eigenvalue weighted by Gasteiger charge is 2.22. The Morgan fingerprint density at radius 1 is 1.20 bits per heavy atom. The van der Waals surface area contributed by atoms with Gasteiger partial charge in [-0.3, -0.25) is 0 Å². The van der Waals surface area contributed by atoms with Gasteiger partial charge >= 0.3 is 0 Å². The first kappa shape index (κ1) is 14.8. The molecule has 1 fully saturated rings. The summed E-state index contributed by atoms with van der Waals surface area (Å²) in [5.41, 5.74) is 2.14. The van der Waals surface area contributed by atoms with Gasteiger partial charge < -0.3 is 4.74 Å². The van der Waals surface area contributed by atoms with E-state index in [-0.39, 0.29) is 0 Å². The summed E-state index contributed by atoms with van der Waals surface area (Å²) in [7, 11) is 0. The van der Waals surface area contributed by atoms with Crippen LogP contribution in [0.15, 0.2) is 36.4 Å². The zero-order chi connectivity index (χ0) is 14.2. The molecule has 0 unspecified atom stereocenters. The molecule has 2 nitrogen and oxygen atoms in total. The summed E-state index contributed by atoms with van der Waals surface area (Å²) >= 11 is 0. The molecule has 2 heteroatoms. The first-order valence-corrected chi connectivity index (χ1v) is 7.52. The standard InChI is InChI=1S/C18H23NO/c1-2-3-12-20-14-16-6-10-18(11-7-16)17-8-4-15(13-19)5-9-17/h2-5,8-9,16,18H,6-7,10-12,14H2,1H3/b3-2+. The highest BCUT2D eigenvalue weighted by atomic mass is 16.5. The minimum absolute atomic E-state index is 0.662. The van der Waals surface area contributed by atoms with Gasteiger partial charge in [0.1, 0.15) is 0 Å². The molecule has 1 aliphatic rings. The minimum Gasteiger partial charge on any atom is -0.377 e. The molecule has 0 heterocycles. The van der Waals surface area contributed by atoms with E-state index in [4.69, 9.17) is 10.00 Å². The Hall–Kier alpha value is -1.59. The zero-order valence-electron chi connectivity index (χ0n) is 12.2. The third-order valence-electron chi connectivity index (χ3n) is 4.16. The Labute approximate surface area is 122 Å². The van der Waals surface area contributed by atoms with Crippen molar-refractivity contribution in [2.45, 2.75) is 38.5 Å². The summed E-state index contributed by atoms with van der Waals surface area (Å²) in [5.74, 6) is 1.38. The third-order valence-corrected chi connectivity index (χ3v) is 4.16. The van der Waals surface area contributed by atoms with Gasteiger partial charge in [0, 0.05) is 6.61 Å². The molecule has 1 aromatic rings.